The Morgan fingerprint density at radius 1 is 0.943 bits per heavy atom. The number of aromatic nitrogens is 2. The Morgan fingerprint density at radius 2 is 1.57 bits per heavy atom. The Morgan fingerprint density at radius 3 is 2.20 bits per heavy atom. The second-order valence-corrected chi connectivity index (χ2v) is 9.19. The Labute approximate surface area is 204 Å². The molecule has 2 atom stereocenters. The molecule has 1 aromatic heterocycles. The van der Waals surface area contributed by atoms with E-state index in [9.17, 15) is 23.1 Å². The number of rotatable bonds is 3. The molecule has 0 bridgehead atoms. The number of nitrogens with zero attached hydrogens (tertiary/aromatic N) is 5. The number of amides is 1. The van der Waals surface area contributed by atoms with Gasteiger partial charge in [-0.15, -0.1) is 0 Å². The Balaban J connectivity index is 1.30. The van der Waals surface area contributed by atoms with Crippen LogP contribution in [0.1, 0.15) is 16.1 Å². The number of hydrogen-bond acceptors (Lipinski definition) is 6. The number of halogens is 4. The summed E-state index contributed by atoms with van der Waals surface area (Å²) >= 11 is 5.90. The third-order valence-corrected chi connectivity index (χ3v) is 6.79. The summed E-state index contributed by atoms with van der Waals surface area (Å²) in [6, 6.07) is 12.7. The summed E-state index contributed by atoms with van der Waals surface area (Å²) in [4.78, 5) is 26.1. The molecule has 2 fully saturated rings. The van der Waals surface area contributed by atoms with Crippen LogP contribution in [0.5, 0.6) is 0 Å². The van der Waals surface area contributed by atoms with Gasteiger partial charge in [-0.25, -0.2) is 9.97 Å². The van der Waals surface area contributed by atoms with Crippen molar-refractivity contribution < 1.29 is 23.1 Å². The van der Waals surface area contributed by atoms with Gasteiger partial charge in [0, 0.05) is 49.9 Å². The van der Waals surface area contributed by atoms with Crippen LogP contribution in [0.15, 0.2) is 48.5 Å². The fourth-order valence-electron chi connectivity index (χ4n) is 4.73. The zero-order chi connectivity index (χ0) is 24.7. The molecular formula is C24H23ClF3N5O2. The maximum atomic E-state index is 13.8. The van der Waals surface area contributed by atoms with Gasteiger partial charge in [-0.2, -0.15) is 13.2 Å². The van der Waals surface area contributed by atoms with Crippen molar-refractivity contribution >= 4 is 34.4 Å². The van der Waals surface area contributed by atoms with Crippen molar-refractivity contribution in [1.29, 1.82) is 0 Å². The van der Waals surface area contributed by atoms with E-state index in [0.717, 1.165) is 0 Å². The van der Waals surface area contributed by atoms with Crippen LogP contribution in [0.2, 0.25) is 5.02 Å². The SMILES string of the molecule is O=C(c1ccc(Cl)cc1)N1CCN(C2CN(c3nc4ccccc4nc3C(F)(F)F)CC2O)CC1. The van der Waals surface area contributed by atoms with Crippen LogP contribution in [-0.4, -0.2) is 82.2 Å². The summed E-state index contributed by atoms with van der Waals surface area (Å²) in [5, 5.41) is 11.3. The zero-order valence-electron chi connectivity index (χ0n) is 18.6. The molecule has 0 spiro atoms. The van der Waals surface area contributed by atoms with Crippen LogP contribution in [0, 0.1) is 0 Å². The minimum Gasteiger partial charge on any atom is -0.390 e. The molecular weight excluding hydrogens is 483 g/mol. The second-order valence-electron chi connectivity index (χ2n) is 8.76. The number of benzene rings is 2. The molecule has 0 radical (unpaired) electrons. The van der Waals surface area contributed by atoms with E-state index < -0.39 is 18.0 Å². The lowest BCUT2D eigenvalue weighted by Gasteiger charge is -2.38. The number of aliphatic hydroxyl groups excluding tert-OH is 1. The summed E-state index contributed by atoms with van der Waals surface area (Å²) < 4.78 is 41.4. The van der Waals surface area contributed by atoms with Crippen LogP contribution in [0.4, 0.5) is 19.0 Å². The number of alkyl halides is 3. The first-order valence-electron chi connectivity index (χ1n) is 11.3. The van der Waals surface area contributed by atoms with Gasteiger partial charge in [-0.3, -0.25) is 9.69 Å². The Kier molecular flexibility index (Phi) is 6.29. The first-order valence-corrected chi connectivity index (χ1v) is 11.6. The summed E-state index contributed by atoms with van der Waals surface area (Å²) in [7, 11) is 0. The minimum atomic E-state index is -4.68. The van der Waals surface area contributed by atoms with Crippen molar-refractivity contribution in [2.45, 2.75) is 18.3 Å². The predicted molar refractivity (Wildman–Crippen MR) is 125 cm³/mol. The first-order chi connectivity index (χ1) is 16.7. The number of aliphatic hydroxyl groups is 1. The van der Waals surface area contributed by atoms with Crippen molar-refractivity contribution in [3.05, 3.63) is 64.8 Å². The summed E-state index contributed by atoms with van der Waals surface area (Å²) in [6.45, 7) is 2.12. The highest BCUT2D eigenvalue weighted by Crippen LogP contribution is 2.37. The number of para-hydroxylation sites is 2. The number of fused-ring (bicyclic) bond motifs is 1. The normalized spacial score (nSPS) is 21.6. The van der Waals surface area contributed by atoms with Gasteiger partial charge in [0.1, 0.15) is 0 Å². The summed E-state index contributed by atoms with van der Waals surface area (Å²) in [5.74, 6) is -0.370. The fourth-order valence-corrected chi connectivity index (χ4v) is 4.86. The van der Waals surface area contributed by atoms with Gasteiger partial charge in [0.15, 0.2) is 11.5 Å². The van der Waals surface area contributed by atoms with Crippen molar-refractivity contribution in [1.82, 2.24) is 19.8 Å². The highest BCUT2D eigenvalue weighted by Gasteiger charge is 2.43. The van der Waals surface area contributed by atoms with E-state index >= 15 is 0 Å². The van der Waals surface area contributed by atoms with Crippen molar-refractivity contribution in [3.8, 4) is 0 Å². The van der Waals surface area contributed by atoms with Gasteiger partial charge in [0.2, 0.25) is 0 Å². The smallest absolute Gasteiger partial charge is 0.390 e. The number of piperazine rings is 1. The molecule has 1 N–H and O–H groups in total. The fraction of sp³-hybridized carbons (Fsp3) is 0.375. The maximum Gasteiger partial charge on any atom is 0.437 e. The molecule has 5 rings (SSSR count). The predicted octanol–water partition coefficient (Wildman–Crippen LogP) is 3.31. The molecule has 35 heavy (non-hydrogen) atoms. The van der Waals surface area contributed by atoms with Gasteiger partial charge in [-0.1, -0.05) is 23.7 Å². The van der Waals surface area contributed by atoms with Gasteiger partial charge >= 0.3 is 6.18 Å². The molecule has 184 valence electrons. The van der Waals surface area contributed by atoms with E-state index in [0.29, 0.717) is 42.3 Å². The highest BCUT2D eigenvalue weighted by molar-refractivity contribution is 6.30. The van der Waals surface area contributed by atoms with E-state index in [-0.39, 0.29) is 36.4 Å². The van der Waals surface area contributed by atoms with E-state index in [2.05, 4.69) is 9.97 Å². The molecule has 1 amide bonds. The van der Waals surface area contributed by atoms with Gasteiger partial charge in [0.25, 0.3) is 5.91 Å². The molecule has 2 aromatic carbocycles. The number of carbonyl (C=O) groups excluding carboxylic acids is 1. The van der Waals surface area contributed by atoms with Gasteiger partial charge < -0.3 is 14.9 Å². The average Bonchev–Trinajstić information content (AvgIpc) is 3.24. The van der Waals surface area contributed by atoms with E-state index in [4.69, 9.17) is 11.6 Å². The van der Waals surface area contributed by atoms with Crippen molar-refractivity contribution in [2.24, 2.45) is 0 Å². The Bertz CT molecular complexity index is 1230. The molecule has 11 heteroatoms. The molecule has 2 saturated heterocycles. The zero-order valence-corrected chi connectivity index (χ0v) is 19.4. The quantitative estimate of drug-likeness (QED) is 0.589. The molecule has 2 aliphatic heterocycles. The Hall–Kier alpha value is -2.95. The summed E-state index contributed by atoms with van der Waals surface area (Å²) in [6.07, 6.45) is -5.54. The number of anilines is 1. The first kappa shape index (κ1) is 23.8. The topological polar surface area (TPSA) is 72.8 Å². The number of hydrogen-bond donors (Lipinski definition) is 1. The van der Waals surface area contributed by atoms with E-state index in [1.54, 1.807) is 47.4 Å². The van der Waals surface area contributed by atoms with Crippen molar-refractivity contribution in [2.75, 3.05) is 44.2 Å². The van der Waals surface area contributed by atoms with Gasteiger partial charge in [0.05, 0.1) is 23.2 Å². The monoisotopic (exact) mass is 505 g/mol. The third-order valence-electron chi connectivity index (χ3n) is 6.54. The highest BCUT2D eigenvalue weighted by atomic mass is 35.5. The van der Waals surface area contributed by atoms with Crippen LogP contribution >= 0.6 is 11.6 Å². The molecule has 0 aliphatic carbocycles. The van der Waals surface area contributed by atoms with Crippen LogP contribution in [-0.2, 0) is 6.18 Å². The third kappa shape index (κ3) is 4.78. The van der Waals surface area contributed by atoms with Crippen LogP contribution in [0.25, 0.3) is 11.0 Å². The average molecular weight is 506 g/mol. The van der Waals surface area contributed by atoms with E-state index in [1.165, 1.54) is 11.0 Å². The molecule has 2 unspecified atom stereocenters. The van der Waals surface area contributed by atoms with Crippen molar-refractivity contribution in [3.63, 3.8) is 0 Å². The largest absolute Gasteiger partial charge is 0.437 e. The second kappa shape index (κ2) is 9.25. The van der Waals surface area contributed by atoms with Crippen LogP contribution < -0.4 is 4.90 Å². The lowest BCUT2D eigenvalue weighted by molar-refractivity contribution is -0.140. The number of carbonyl (C=O) groups is 1. The lowest BCUT2D eigenvalue weighted by Crippen LogP contribution is -2.54. The molecule has 7 nitrogen and oxygen atoms in total. The minimum absolute atomic E-state index is 0.0185. The number of β-amino-alcohol motifs (C(OH)–C–C–N with tert-alkyl or cyclic N) is 1. The standard InChI is InChI=1S/C24H23ClF3N5O2/c25-16-7-5-15(6-8-16)23(35)32-11-9-31(10-12-32)19-13-33(14-20(19)34)22-21(24(26,27)28)29-17-3-1-2-4-18(17)30-22/h1-8,19-20,34H,9-14H2. The van der Waals surface area contributed by atoms with Crippen LogP contribution in [0.3, 0.4) is 0 Å². The summed E-state index contributed by atoms with van der Waals surface area (Å²) in [5.41, 5.74) is 0.0241. The van der Waals surface area contributed by atoms with E-state index in [1.807, 2.05) is 4.90 Å². The lowest BCUT2D eigenvalue weighted by atomic mass is 10.1. The maximum absolute atomic E-state index is 13.8. The molecule has 2 aliphatic rings. The molecule has 0 saturated carbocycles. The van der Waals surface area contributed by atoms with Gasteiger partial charge in [-0.05, 0) is 36.4 Å². The molecule has 3 aromatic rings. The molecule has 3 heterocycles.